The fourth-order valence-corrected chi connectivity index (χ4v) is 2.83. The van der Waals surface area contributed by atoms with Crippen LogP contribution in [0.25, 0.3) is 0 Å². The van der Waals surface area contributed by atoms with Crippen molar-refractivity contribution < 1.29 is 0 Å². The summed E-state index contributed by atoms with van der Waals surface area (Å²) in [5, 5.41) is 0. The van der Waals surface area contributed by atoms with E-state index in [4.69, 9.17) is 0 Å². The molecule has 1 fully saturated rings. The Morgan fingerprint density at radius 1 is 1.32 bits per heavy atom. The Kier molecular flexibility index (Phi) is 3.56. The zero-order valence-electron chi connectivity index (χ0n) is 11.3. The van der Waals surface area contributed by atoms with Gasteiger partial charge >= 0.3 is 0 Å². The van der Waals surface area contributed by atoms with Crippen LogP contribution in [0.3, 0.4) is 0 Å². The Labute approximate surface area is 114 Å². The molecule has 0 unspecified atom stereocenters. The van der Waals surface area contributed by atoms with E-state index in [0.717, 1.165) is 12.1 Å². The average Bonchev–Trinajstić information content (AvgIpc) is 2.86. The predicted molar refractivity (Wildman–Crippen MR) is 75.9 cm³/mol. The van der Waals surface area contributed by atoms with Crippen molar-refractivity contribution in [2.24, 2.45) is 0 Å². The van der Waals surface area contributed by atoms with E-state index in [1.807, 2.05) is 30.7 Å². The van der Waals surface area contributed by atoms with Crippen LogP contribution in [-0.4, -0.2) is 28.5 Å². The summed E-state index contributed by atoms with van der Waals surface area (Å²) in [4.78, 5) is 11.2. The van der Waals surface area contributed by atoms with Crippen LogP contribution in [-0.2, 0) is 6.42 Å². The first-order valence-corrected chi connectivity index (χ1v) is 6.87. The summed E-state index contributed by atoms with van der Waals surface area (Å²) in [6, 6.07) is 8.87. The molecule has 2 aromatic heterocycles. The van der Waals surface area contributed by atoms with Gasteiger partial charge in [0.25, 0.3) is 0 Å². The average molecular weight is 253 g/mol. The number of nitrogens with zero attached hydrogens (tertiary/aromatic N) is 3. The number of rotatable bonds is 3. The molecule has 1 aliphatic rings. The van der Waals surface area contributed by atoms with Crippen molar-refractivity contribution in [1.29, 1.82) is 0 Å². The molecule has 0 aromatic carbocycles. The summed E-state index contributed by atoms with van der Waals surface area (Å²) < 4.78 is 0. The molecule has 0 aliphatic carbocycles. The van der Waals surface area contributed by atoms with Crippen LogP contribution in [0.4, 0.5) is 0 Å². The van der Waals surface area contributed by atoms with E-state index in [-0.39, 0.29) is 0 Å². The third-order valence-corrected chi connectivity index (χ3v) is 3.83. The molecular weight excluding hydrogens is 234 g/mol. The summed E-state index contributed by atoms with van der Waals surface area (Å²) in [6.07, 6.45) is 9.19. The van der Waals surface area contributed by atoms with Crippen LogP contribution in [0.15, 0.2) is 42.9 Å². The third kappa shape index (κ3) is 2.82. The summed E-state index contributed by atoms with van der Waals surface area (Å²) in [5.41, 5.74) is 3.69. The van der Waals surface area contributed by atoms with Gasteiger partial charge in [0, 0.05) is 36.7 Å². The van der Waals surface area contributed by atoms with Gasteiger partial charge in [0.15, 0.2) is 0 Å². The van der Waals surface area contributed by atoms with Crippen molar-refractivity contribution in [1.82, 2.24) is 14.9 Å². The standard InChI is InChI=1S/C16H19N3/c1-19-8-4-6-16(19)14-9-13(11-17-12-14)10-15-5-2-3-7-18-15/h2-3,5,7,9,11-12,16H,4,6,8,10H2,1H3/t16-/m0/s1. The van der Waals surface area contributed by atoms with E-state index in [1.165, 1.54) is 30.5 Å². The largest absolute Gasteiger partial charge is 0.299 e. The fraction of sp³-hybridized carbons (Fsp3) is 0.375. The van der Waals surface area contributed by atoms with Gasteiger partial charge in [0.2, 0.25) is 0 Å². The van der Waals surface area contributed by atoms with E-state index in [1.54, 1.807) is 0 Å². The highest BCUT2D eigenvalue weighted by molar-refractivity contribution is 5.25. The van der Waals surface area contributed by atoms with Crippen molar-refractivity contribution in [3.63, 3.8) is 0 Å². The lowest BCUT2D eigenvalue weighted by Gasteiger charge is -2.19. The first kappa shape index (κ1) is 12.3. The molecule has 0 saturated carbocycles. The molecule has 98 valence electrons. The maximum absolute atomic E-state index is 4.41. The maximum atomic E-state index is 4.41. The van der Waals surface area contributed by atoms with Gasteiger partial charge in [-0.1, -0.05) is 12.1 Å². The van der Waals surface area contributed by atoms with E-state index in [0.29, 0.717) is 6.04 Å². The van der Waals surface area contributed by atoms with Gasteiger partial charge in [-0.2, -0.15) is 0 Å². The molecule has 0 bridgehead atoms. The molecule has 0 radical (unpaired) electrons. The molecule has 19 heavy (non-hydrogen) atoms. The van der Waals surface area contributed by atoms with Crippen LogP contribution in [0, 0.1) is 0 Å². The molecule has 1 atom stereocenters. The molecule has 2 aromatic rings. The lowest BCUT2D eigenvalue weighted by molar-refractivity contribution is 0.317. The van der Waals surface area contributed by atoms with Crippen molar-refractivity contribution in [2.45, 2.75) is 25.3 Å². The van der Waals surface area contributed by atoms with Crippen molar-refractivity contribution in [3.8, 4) is 0 Å². The lowest BCUT2D eigenvalue weighted by Crippen LogP contribution is -2.17. The summed E-state index contributed by atoms with van der Waals surface area (Å²) in [5.74, 6) is 0. The molecule has 1 aliphatic heterocycles. The Balaban J connectivity index is 1.80. The molecule has 0 spiro atoms. The van der Waals surface area contributed by atoms with Gasteiger partial charge in [-0.05, 0) is 49.7 Å². The maximum Gasteiger partial charge on any atom is 0.0447 e. The van der Waals surface area contributed by atoms with Crippen LogP contribution < -0.4 is 0 Å². The molecule has 3 nitrogen and oxygen atoms in total. The Morgan fingerprint density at radius 2 is 2.26 bits per heavy atom. The monoisotopic (exact) mass is 253 g/mol. The van der Waals surface area contributed by atoms with E-state index in [2.05, 4.69) is 34.0 Å². The van der Waals surface area contributed by atoms with Crippen LogP contribution >= 0.6 is 0 Å². The molecule has 1 saturated heterocycles. The molecule has 3 heteroatoms. The molecule has 3 heterocycles. The number of hydrogen-bond acceptors (Lipinski definition) is 3. The fourth-order valence-electron chi connectivity index (χ4n) is 2.83. The SMILES string of the molecule is CN1CCC[C@H]1c1cncc(Cc2ccccn2)c1. The van der Waals surface area contributed by atoms with Gasteiger partial charge in [0.05, 0.1) is 0 Å². The molecule has 0 N–H and O–H groups in total. The minimum Gasteiger partial charge on any atom is -0.299 e. The Hall–Kier alpha value is -1.74. The smallest absolute Gasteiger partial charge is 0.0447 e. The first-order valence-electron chi connectivity index (χ1n) is 6.87. The topological polar surface area (TPSA) is 29.0 Å². The predicted octanol–water partition coefficient (Wildman–Crippen LogP) is 2.83. The Bertz CT molecular complexity index is 539. The van der Waals surface area contributed by atoms with Gasteiger partial charge in [-0.3, -0.25) is 14.9 Å². The molecule has 3 rings (SSSR count). The van der Waals surface area contributed by atoms with E-state index < -0.39 is 0 Å². The molecular formula is C16H19N3. The second-order valence-electron chi connectivity index (χ2n) is 5.26. The second kappa shape index (κ2) is 5.49. The van der Waals surface area contributed by atoms with Crippen LogP contribution in [0.2, 0.25) is 0 Å². The minimum atomic E-state index is 0.538. The van der Waals surface area contributed by atoms with Gasteiger partial charge < -0.3 is 0 Å². The van der Waals surface area contributed by atoms with Gasteiger partial charge in [0.1, 0.15) is 0 Å². The minimum absolute atomic E-state index is 0.538. The van der Waals surface area contributed by atoms with E-state index in [9.17, 15) is 0 Å². The first-order chi connectivity index (χ1) is 9.33. The summed E-state index contributed by atoms with van der Waals surface area (Å²) in [6.45, 7) is 1.19. The van der Waals surface area contributed by atoms with Crippen molar-refractivity contribution in [2.75, 3.05) is 13.6 Å². The normalized spacial score (nSPS) is 19.7. The third-order valence-electron chi connectivity index (χ3n) is 3.83. The number of likely N-dealkylation sites (tertiary alicyclic amines) is 1. The van der Waals surface area contributed by atoms with Gasteiger partial charge in [-0.25, -0.2) is 0 Å². The van der Waals surface area contributed by atoms with Gasteiger partial charge in [-0.15, -0.1) is 0 Å². The number of hydrogen-bond donors (Lipinski definition) is 0. The zero-order valence-corrected chi connectivity index (χ0v) is 11.3. The highest BCUT2D eigenvalue weighted by Gasteiger charge is 2.22. The van der Waals surface area contributed by atoms with Crippen molar-refractivity contribution in [3.05, 3.63) is 59.7 Å². The highest BCUT2D eigenvalue weighted by Crippen LogP contribution is 2.30. The molecule has 0 amide bonds. The second-order valence-corrected chi connectivity index (χ2v) is 5.26. The van der Waals surface area contributed by atoms with E-state index >= 15 is 0 Å². The lowest BCUT2D eigenvalue weighted by atomic mass is 10.0. The number of aromatic nitrogens is 2. The number of pyridine rings is 2. The zero-order chi connectivity index (χ0) is 13.1. The summed E-state index contributed by atoms with van der Waals surface area (Å²) in [7, 11) is 2.20. The summed E-state index contributed by atoms with van der Waals surface area (Å²) >= 11 is 0. The quantitative estimate of drug-likeness (QED) is 0.842. The van der Waals surface area contributed by atoms with Crippen molar-refractivity contribution >= 4 is 0 Å². The van der Waals surface area contributed by atoms with Crippen LogP contribution in [0.1, 0.15) is 35.7 Å². The Morgan fingerprint density at radius 3 is 3.00 bits per heavy atom. The van der Waals surface area contributed by atoms with Crippen LogP contribution in [0.5, 0.6) is 0 Å². The highest BCUT2D eigenvalue weighted by atomic mass is 15.1.